The summed E-state index contributed by atoms with van der Waals surface area (Å²) in [5.41, 5.74) is -0.767. The zero-order valence-electron chi connectivity index (χ0n) is 21.7. The molecule has 0 bridgehead atoms. The summed E-state index contributed by atoms with van der Waals surface area (Å²) in [6.07, 6.45) is 10.1. The molecule has 1 saturated heterocycles. The second kappa shape index (κ2) is 14.5. The third-order valence-corrected chi connectivity index (χ3v) is 7.09. The number of aliphatic carboxylic acids is 1. The molecule has 198 valence electrons. The highest BCUT2D eigenvalue weighted by Gasteiger charge is 2.49. The minimum absolute atomic E-state index is 0.141. The molecule has 0 unspecified atom stereocenters. The number of nitrogens with zero attached hydrogens (tertiary/aromatic N) is 1. The van der Waals surface area contributed by atoms with Gasteiger partial charge in [0.25, 0.3) is 0 Å². The van der Waals surface area contributed by atoms with Gasteiger partial charge in [-0.05, 0) is 70.2 Å². The first kappa shape index (κ1) is 29.2. The van der Waals surface area contributed by atoms with E-state index in [0.717, 1.165) is 19.3 Å². The number of benzene rings is 1. The molecule has 2 rings (SSSR count). The van der Waals surface area contributed by atoms with E-state index in [9.17, 15) is 23.5 Å². The van der Waals surface area contributed by atoms with Crippen molar-refractivity contribution in [2.24, 2.45) is 5.41 Å². The van der Waals surface area contributed by atoms with E-state index in [4.69, 9.17) is 4.74 Å². The SMILES string of the molecule is CCCCCCCCCCc1ccc(CCN2CCC(C(=O)O)(C(=O)OC(C)C)CC2)c(F)c1F. The predicted octanol–water partition coefficient (Wildman–Crippen LogP) is 6.31. The lowest BCUT2D eigenvalue weighted by molar-refractivity contribution is -0.175. The molecule has 0 aliphatic carbocycles. The van der Waals surface area contributed by atoms with Gasteiger partial charge in [0.1, 0.15) is 0 Å². The van der Waals surface area contributed by atoms with Crippen LogP contribution in [0.1, 0.15) is 96.1 Å². The number of rotatable bonds is 15. The van der Waals surface area contributed by atoms with E-state index in [2.05, 4.69) is 6.92 Å². The number of piperidine rings is 1. The average molecular weight is 496 g/mol. The normalized spacial score (nSPS) is 15.9. The summed E-state index contributed by atoms with van der Waals surface area (Å²) in [7, 11) is 0. The van der Waals surface area contributed by atoms with Crippen molar-refractivity contribution in [3.05, 3.63) is 34.9 Å². The summed E-state index contributed by atoms with van der Waals surface area (Å²) >= 11 is 0. The molecule has 1 aliphatic heterocycles. The molecular weight excluding hydrogens is 452 g/mol. The molecule has 1 aliphatic rings. The zero-order chi connectivity index (χ0) is 25.8. The molecule has 1 aromatic carbocycles. The number of unbranched alkanes of at least 4 members (excludes halogenated alkanes) is 7. The highest BCUT2D eigenvalue weighted by Crippen LogP contribution is 2.34. The molecule has 1 fully saturated rings. The maximum atomic E-state index is 14.7. The highest BCUT2D eigenvalue weighted by molar-refractivity contribution is 5.99. The number of esters is 1. The molecule has 0 radical (unpaired) electrons. The Bertz CT molecular complexity index is 819. The van der Waals surface area contributed by atoms with Gasteiger partial charge >= 0.3 is 11.9 Å². The summed E-state index contributed by atoms with van der Waals surface area (Å²) < 4.78 is 34.5. The maximum Gasteiger partial charge on any atom is 0.323 e. The van der Waals surface area contributed by atoms with Gasteiger partial charge in [-0.2, -0.15) is 0 Å². The fourth-order valence-corrected chi connectivity index (χ4v) is 4.73. The van der Waals surface area contributed by atoms with Gasteiger partial charge in [-0.25, -0.2) is 8.78 Å². The second-order valence-corrected chi connectivity index (χ2v) is 10.2. The van der Waals surface area contributed by atoms with Crippen molar-refractivity contribution < 1.29 is 28.2 Å². The average Bonchev–Trinajstić information content (AvgIpc) is 2.82. The van der Waals surface area contributed by atoms with Crippen LogP contribution in [0.2, 0.25) is 0 Å². The van der Waals surface area contributed by atoms with E-state index < -0.39 is 29.0 Å². The first-order valence-electron chi connectivity index (χ1n) is 13.3. The Balaban J connectivity index is 1.81. The molecule has 7 heteroatoms. The number of halogens is 2. The van der Waals surface area contributed by atoms with Crippen molar-refractivity contribution in [3.63, 3.8) is 0 Å². The number of carboxylic acid groups (broad SMARTS) is 1. The minimum Gasteiger partial charge on any atom is -0.480 e. The van der Waals surface area contributed by atoms with E-state index >= 15 is 0 Å². The first-order chi connectivity index (χ1) is 16.7. The fraction of sp³-hybridized carbons (Fsp3) is 0.714. The number of carboxylic acids is 1. The van der Waals surface area contributed by atoms with Crippen LogP contribution in [0.25, 0.3) is 0 Å². The summed E-state index contributed by atoms with van der Waals surface area (Å²) in [4.78, 5) is 26.3. The van der Waals surface area contributed by atoms with Crippen molar-refractivity contribution in [2.75, 3.05) is 19.6 Å². The number of hydrogen-bond donors (Lipinski definition) is 1. The number of ether oxygens (including phenoxy) is 1. The molecule has 0 atom stereocenters. The van der Waals surface area contributed by atoms with Crippen LogP contribution in [0.3, 0.4) is 0 Å². The lowest BCUT2D eigenvalue weighted by Gasteiger charge is -2.37. The molecule has 0 aromatic heterocycles. The van der Waals surface area contributed by atoms with E-state index in [0.29, 0.717) is 43.6 Å². The quantitative estimate of drug-likeness (QED) is 0.175. The zero-order valence-corrected chi connectivity index (χ0v) is 21.7. The van der Waals surface area contributed by atoms with Crippen LogP contribution in [0.5, 0.6) is 0 Å². The van der Waals surface area contributed by atoms with Gasteiger partial charge in [0.05, 0.1) is 6.10 Å². The van der Waals surface area contributed by atoms with Gasteiger partial charge in [0.15, 0.2) is 17.0 Å². The number of likely N-dealkylation sites (tertiary alicyclic amines) is 1. The van der Waals surface area contributed by atoms with Crippen LogP contribution in [0.4, 0.5) is 8.78 Å². The lowest BCUT2D eigenvalue weighted by Crippen LogP contribution is -2.50. The minimum atomic E-state index is -1.53. The van der Waals surface area contributed by atoms with Gasteiger partial charge in [0, 0.05) is 6.54 Å². The second-order valence-electron chi connectivity index (χ2n) is 10.2. The van der Waals surface area contributed by atoms with E-state index in [1.165, 1.54) is 32.1 Å². The molecule has 0 spiro atoms. The van der Waals surface area contributed by atoms with Crippen molar-refractivity contribution in [1.82, 2.24) is 4.90 Å². The smallest absolute Gasteiger partial charge is 0.323 e. The van der Waals surface area contributed by atoms with Crippen LogP contribution >= 0.6 is 0 Å². The molecule has 35 heavy (non-hydrogen) atoms. The number of aryl methyl sites for hydroxylation is 1. The maximum absolute atomic E-state index is 14.7. The molecule has 0 saturated carbocycles. The Kier molecular flexibility index (Phi) is 12.1. The molecule has 1 N–H and O–H groups in total. The third-order valence-electron chi connectivity index (χ3n) is 7.09. The predicted molar refractivity (Wildman–Crippen MR) is 133 cm³/mol. The van der Waals surface area contributed by atoms with Gasteiger partial charge < -0.3 is 14.7 Å². The Morgan fingerprint density at radius 1 is 0.943 bits per heavy atom. The summed E-state index contributed by atoms with van der Waals surface area (Å²) in [5, 5.41) is 9.68. The van der Waals surface area contributed by atoms with Crippen molar-refractivity contribution in [1.29, 1.82) is 0 Å². The van der Waals surface area contributed by atoms with Gasteiger partial charge in [-0.15, -0.1) is 0 Å². The van der Waals surface area contributed by atoms with Crippen LogP contribution in [-0.2, 0) is 27.2 Å². The topological polar surface area (TPSA) is 66.8 Å². The van der Waals surface area contributed by atoms with Crippen LogP contribution in [0.15, 0.2) is 12.1 Å². The third kappa shape index (κ3) is 8.55. The standard InChI is InChI=1S/C28H43F2NO4/c1-4-5-6-7-8-9-10-11-12-22-13-14-23(25(30)24(22)29)15-18-31-19-16-28(17-20-31,26(32)33)27(34)35-21(2)3/h13-14,21H,4-12,15-20H2,1-3H3,(H,32,33). The number of carbonyl (C=O) groups is 2. The lowest BCUT2D eigenvalue weighted by atomic mass is 9.78. The Hall–Kier alpha value is -2.02. The molecular formula is C28H43F2NO4. The molecule has 1 aromatic rings. The van der Waals surface area contributed by atoms with Gasteiger partial charge in [-0.3, -0.25) is 9.59 Å². The fourth-order valence-electron chi connectivity index (χ4n) is 4.73. The molecule has 1 heterocycles. The highest BCUT2D eigenvalue weighted by atomic mass is 19.2. The summed E-state index contributed by atoms with van der Waals surface area (Å²) in [5.74, 6) is -3.38. The summed E-state index contributed by atoms with van der Waals surface area (Å²) in [6.45, 7) is 6.84. The first-order valence-corrected chi connectivity index (χ1v) is 13.3. The van der Waals surface area contributed by atoms with Crippen LogP contribution in [0, 0.1) is 17.0 Å². The van der Waals surface area contributed by atoms with Crippen molar-refractivity contribution in [2.45, 2.75) is 104 Å². The number of carbonyl (C=O) groups excluding carboxylic acids is 1. The number of hydrogen-bond acceptors (Lipinski definition) is 4. The van der Waals surface area contributed by atoms with Crippen LogP contribution < -0.4 is 0 Å². The van der Waals surface area contributed by atoms with Crippen molar-refractivity contribution >= 4 is 11.9 Å². The monoisotopic (exact) mass is 495 g/mol. The van der Waals surface area contributed by atoms with Gasteiger partial charge in [-0.1, -0.05) is 64.0 Å². The van der Waals surface area contributed by atoms with E-state index in [1.807, 2.05) is 4.90 Å². The Morgan fingerprint density at radius 3 is 1.97 bits per heavy atom. The van der Waals surface area contributed by atoms with Gasteiger partial charge in [0.2, 0.25) is 0 Å². The Labute approximate surface area is 209 Å². The Morgan fingerprint density at radius 2 is 1.46 bits per heavy atom. The summed E-state index contributed by atoms with van der Waals surface area (Å²) in [6, 6.07) is 3.37. The molecule has 0 amide bonds. The van der Waals surface area contributed by atoms with E-state index in [-0.39, 0.29) is 18.9 Å². The van der Waals surface area contributed by atoms with Crippen LogP contribution in [-0.4, -0.2) is 47.7 Å². The van der Waals surface area contributed by atoms with Crippen molar-refractivity contribution in [3.8, 4) is 0 Å². The van der Waals surface area contributed by atoms with E-state index in [1.54, 1.807) is 26.0 Å². The largest absolute Gasteiger partial charge is 0.480 e. The molecule has 5 nitrogen and oxygen atoms in total.